The summed E-state index contributed by atoms with van der Waals surface area (Å²) < 4.78 is 5.68. The van der Waals surface area contributed by atoms with E-state index in [-0.39, 0.29) is 0 Å². The number of hydrogen-bond donors (Lipinski definition) is 1. The standard InChI is InChI=1S/C21H25N7O/c1-3-19(15-4-5-15)27-12-17(9-24-27)21-20-6-7-22-28(20)13-18(25-21)16-8-23-26(11-16)10-14(2)29/h6-9,11-15,19,29H,3-5,10H2,1-2H3/t14?,19-/m1/s1. The van der Waals surface area contributed by atoms with Crippen molar-refractivity contribution in [2.24, 2.45) is 5.92 Å². The van der Waals surface area contributed by atoms with Crippen molar-refractivity contribution in [2.45, 2.75) is 51.8 Å². The molecule has 1 N–H and O–H groups in total. The molecule has 0 spiro atoms. The molecule has 4 heterocycles. The third kappa shape index (κ3) is 3.44. The van der Waals surface area contributed by atoms with E-state index in [0.29, 0.717) is 12.6 Å². The van der Waals surface area contributed by atoms with Crippen molar-refractivity contribution in [3.05, 3.63) is 43.2 Å². The van der Waals surface area contributed by atoms with Gasteiger partial charge in [-0.25, -0.2) is 9.50 Å². The second-order valence-corrected chi connectivity index (χ2v) is 7.96. The highest BCUT2D eigenvalue weighted by molar-refractivity contribution is 5.78. The van der Waals surface area contributed by atoms with E-state index >= 15 is 0 Å². The molecule has 5 rings (SSSR count). The van der Waals surface area contributed by atoms with E-state index in [4.69, 9.17) is 4.98 Å². The van der Waals surface area contributed by atoms with E-state index in [1.165, 1.54) is 12.8 Å². The van der Waals surface area contributed by atoms with Crippen molar-refractivity contribution in [3.63, 3.8) is 0 Å². The first-order valence-electron chi connectivity index (χ1n) is 10.2. The Hall–Kier alpha value is -3.00. The normalized spacial score (nSPS) is 16.4. The van der Waals surface area contributed by atoms with Gasteiger partial charge in [-0.05, 0) is 38.2 Å². The molecule has 150 valence electrons. The zero-order valence-electron chi connectivity index (χ0n) is 16.7. The maximum atomic E-state index is 9.60. The minimum absolute atomic E-state index is 0.448. The first kappa shape index (κ1) is 18.1. The van der Waals surface area contributed by atoms with E-state index in [9.17, 15) is 5.11 Å². The van der Waals surface area contributed by atoms with Crippen LogP contribution in [0.3, 0.4) is 0 Å². The van der Waals surface area contributed by atoms with Crippen molar-refractivity contribution in [2.75, 3.05) is 0 Å². The van der Waals surface area contributed by atoms with Crippen LogP contribution in [-0.4, -0.2) is 45.4 Å². The minimum atomic E-state index is -0.455. The predicted octanol–water partition coefficient (Wildman–Crippen LogP) is 3.20. The molecule has 4 aromatic rings. The molecule has 0 bridgehead atoms. The summed E-state index contributed by atoms with van der Waals surface area (Å²) in [4.78, 5) is 4.94. The van der Waals surface area contributed by atoms with Crippen LogP contribution >= 0.6 is 0 Å². The number of nitrogens with zero attached hydrogens (tertiary/aromatic N) is 7. The van der Waals surface area contributed by atoms with E-state index in [0.717, 1.165) is 40.4 Å². The molecule has 0 aromatic carbocycles. The average molecular weight is 391 g/mol. The Bertz CT molecular complexity index is 1140. The lowest BCUT2D eigenvalue weighted by Gasteiger charge is -2.14. The van der Waals surface area contributed by atoms with E-state index in [2.05, 4.69) is 33.1 Å². The van der Waals surface area contributed by atoms with Crippen LogP contribution in [0.4, 0.5) is 0 Å². The molecule has 8 nitrogen and oxygen atoms in total. The zero-order valence-corrected chi connectivity index (χ0v) is 16.7. The second kappa shape index (κ2) is 7.11. The molecule has 1 aliphatic rings. The molecule has 8 heteroatoms. The highest BCUT2D eigenvalue weighted by Crippen LogP contribution is 2.41. The van der Waals surface area contributed by atoms with Crippen molar-refractivity contribution in [1.29, 1.82) is 0 Å². The predicted molar refractivity (Wildman–Crippen MR) is 109 cm³/mol. The lowest BCUT2D eigenvalue weighted by molar-refractivity contribution is 0.168. The highest BCUT2D eigenvalue weighted by Gasteiger charge is 2.31. The van der Waals surface area contributed by atoms with Gasteiger partial charge in [-0.15, -0.1) is 0 Å². The molecule has 2 atom stereocenters. The summed E-state index contributed by atoms with van der Waals surface area (Å²) in [5.74, 6) is 0.752. The molecule has 0 aliphatic heterocycles. The van der Waals surface area contributed by atoms with Crippen LogP contribution in [0.25, 0.3) is 28.0 Å². The number of aliphatic hydroxyl groups is 1. The number of fused-ring (bicyclic) bond motifs is 1. The maximum absolute atomic E-state index is 9.60. The first-order chi connectivity index (χ1) is 14.1. The van der Waals surface area contributed by atoms with Gasteiger partial charge in [0.15, 0.2) is 0 Å². The van der Waals surface area contributed by atoms with Crippen LogP contribution < -0.4 is 0 Å². The average Bonchev–Trinajstić information content (AvgIpc) is 3.11. The fourth-order valence-electron chi connectivity index (χ4n) is 4.00. The van der Waals surface area contributed by atoms with Gasteiger partial charge in [-0.3, -0.25) is 9.36 Å². The third-order valence-corrected chi connectivity index (χ3v) is 5.57. The van der Waals surface area contributed by atoms with Crippen LogP contribution in [0, 0.1) is 5.92 Å². The van der Waals surface area contributed by atoms with Crippen LogP contribution in [-0.2, 0) is 6.54 Å². The van der Waals surface area contributed by atoms with Gasteiger partial charge >= 0.3 is 0 Å². The highest BCUT2D eigenvalue weighted by atomic mass is 16.3. The van der Waals surface area contributed by atoms with Gasteiger partial charge in [0.25, 0.3) is 0 Å². The summed E-state index contributed by atoms with van der Waals surface area (Å²) in [6.45, 7) is 4.42. The van der Waals surface area contributed by atoms with Gasteiger partial charge in [0, 0.05) is 23.5 Å². The Morgan fingerprint density at radius 3 is 2.69 bits per heavy atom. The third-order valence-electron chi connectivity index (χ3n) is 5.57. The smallest absolute Gasteiger partial charge is 0.0999 e. The summed E-state index contributed by atoms with van der Waals surface area (Å²) >= 11 is 0. The maximum Gasteiger partial charge on any atom is 0.0999 e. The molecule has 29 heavy (non-hydrogen) atoms. The number of hydrogen-bond acceptors (Lipinski definition) is 5. The van der Waals surface area contributed by atoms with Gasteiger partial charge in [-0.2, -0.15) is 15.3 Å². The van der Waals surface area contributed by atoms with Crippen molar-refractivity contribution >= 4 is 5.52 Å². The molecule has 0 saturated heterocycles. The lowest BCUT2D eigenvalue weighted by Crippen LogP contribution is -2.11. The van der Waals surface area contributed by atoms with E-state index in [1.807, 2.05) is 29.2 Å². The van der Waals surface area contributed by atoms with Gasteiger partial charge in [0.2, 0.25) is 0 Å². The van der Waals surface area contributed by atoms with Crippen molar-refractivity contribution < 1.29 is 5.11 Å². The van der Waals surface area contributed by atoms with Crippen molar-refractivity contribution in [3.8, 4) is 22.5 Å². The Morgan fingerprint density at radius 2 is 1.93 bits per heavy atom. The molecular formula is C21H25N7O. The van der Waals surface area contributed by atoms with Crippen LogP contribution in [0.15, 0.2) is 43.2 Å². The van der Waals surface area contributed by atoms with E-state index < -0.39 is 6.10 Å². The molecule has 1 unspecified atom stereocenters. The van der Waals surface area contributed by atoms with Gasteiger partial charge in [0.05, 0.1) is 60.4 Å². The monoisotopic (exact) mass is 391 g/mol. The molecule has 0 radical (unpaired) electrons. The Balaban J connectivity index is 1.55. The van der Waals surface area contributed by atoms with Crippen molar-refractivity contribution in [1.82, 2.24) is 34.2 Å². The van der Waals surface area contributed by atoms with Crippen LogP contribution in [0.1, 0.15) is 39.2 Å². The lowest BCUT2D eigenvalue weighted by atomic mass is 10.1. The molecule has 4 aromatic heterocycles. The fourth-order valence-corrected chi connectivity index (χ4v) is 4.00. The SMILES string of the molecule is CC[C@H](C1CC1)n1cc(-c2nc(-c3cnn(CC(C)O)c3)cn3nccc23)cn1. The molecule has 0 amide bonds. The summed E-state index contributed by atoms with van der Waals surface area (Å²) in [6.07, 6.45) is 14.6. The molecule has 1 fully saturated rings. The Labute approximate surface area is 168 Å². The summed E-state index contributed by atoms with van der Waals surface area (Å²) in [7, 11) is 0. The van der Waals surface area contributed by atoms with Crippen LogP contribution in [0.5, 0.6) is 0 Å². The largest absolute Gasteiger partial charge is 0.391 e. The van der Waals surface area contributed by atoms with Gasteiger partial charge in [0.1, 0.15) is 0 Å². The van der Waals surface area contributed by atoms with Gasteiger partial charge < -0.3 is 5.11 Å². The minimum Gasteiger partial charge on any atom is -0.391 e. The summed E-state index contributed by atoms with van der Waals surface area (Å²) in [5, 5.41) is 23.0. The second-order valence-electron chi connectivity index (χ2n) is 7.96. The topological polar surface area (TPSA) is 86.1 Å². The number of aliphatic hydroxyl groups excluding tert-OH is 1. The first-order valence-corrected chi connectivity index (χ1v) is 10.2. The summed E-state index contributed by atoms with van der Waals surface area (Å²) in [6, 6.07) is 2.44. The number of rotatable bonds is 7. The zero-order chi connectivity index (χ0) is 20.0. The van der Waals surface area contributed by atoms with E-state index in [1.54, 1.807) is 24.0 Å². The molecule has 1 aliphatic carbocycles. The Kier molecular flexibility index (Phi) is 4.43. The quantitative estimate of drug-likeness (QED) is 0.523. The molecular weight excluding hydrogens is 366 g/mol. The van der Waals surface area contributed by atoms with Crippen LogP contribution in [0.2, 0.25) is 0 Å². The molecule has 1 saturated carbocycles. The Morgan fingerprint density at radius 1 is 1.10 bits per heavy atom. The summed E-state index contributed by atoms with van der Waals surface area (Å²) in [5.41, 5.74) is 4.48. The van der Waals surface area contributed by atoms with Gasteiger partial charge in [-0.1, -0.05) is 6.92 Å². The fraction of sp³-hybridized carbons (Fsp3) is 0.429. The number of aromatic nitrogens is 7.